The molecule has 0 atom stereocenters. The highest BCUT2D eigenvalue weighted by atomic mass is 32.2. The zero-order valence-corrected chi connectivity index (χ0v) is 18.0. The number of rotatable bonds is 6. The smallest absolute Gasteiger partial charge is 0.261 e. The zero-order valence-electron chi connectivity index (χ0n) is 17.1. The topological polar surface area (TPSA) is 75.7 Å². The molecule has 1 saturated heterocycles. The number of ether oxygens (including phenoxy) is 1. The first-order chi connectivity index (χ1) is 13.7. The van der Waals surface area contributed by atoms with Crippen molar-refractivity contribution in [2.24, 2.45) is 5.92 Å². The third-order valence-electron chi connectivity index (χ3n) is 5.27. The van der Waals surface area contributed by atoms with Gasteiger partial charge in [-0.05, 0) is 74.1 Å². The summed E-state index contributed by atoms with van der Waals surface area (Å²) in [7, 11) is -3.70. The first kappa shape index (κ1) is 21.2. The number of benzene rings is 2. The Kier molecular flexibility index (Phi) is 6.47. The van der Waals surface area contributed by atoms with Crippen LogP contribution in [0.3, 0.4) is 0 Å². The minimum absolute atomic E-state index is 0.0369. The number of carbonyl (C=O) groups excluding carboxylic acids is 1. The molecule has 1 fully saturated rings. The van der Waals surface area contributed by atoms with Gasteiger partial charge in [0.25, 0.3) is 15.9 Å². The minimum Gasteiger partial charge on any atom is -0.484 e. The summed E-state index contributed by atoms with van der Waals surface area (Å²) in [6.45, 7) is 7.46. The fraction of sp³-hybridized carbons (Fsp3) is 0.409. The molecular formula is C22H28N2O4S. The van der Waals surface area contributed by atoms with Gasteiger partial charge in [0.05, 0.1) is 10.6 Å². The van der Waals surface area contributed by atoms with Crippen molar-refractivity contribution in [3.63, 3.8) is 0 Å². The van der Waals surface area contributed by atoms with Crippen LogP contribution in [0, 0.1) is 19.8 Å². The Balaban J connectivity index is 1.60. The lowest BCUT2D eigenvalue weighted by atomic mass is 9.99. The molecule has 156 valence electrons. The zero-order chi connectivity index (χ0) is 21.0. The maximum absolute atomic E-state index is 12.7. The van der Waals surface area contributed by atoms with Gasteiger partial charge in [-0.25, -0.2) is 8.42 Å². The number of hydrogen-bond acceptors (Lipinski definition) is 4. The van der Waals surface area contributed by atoms with E-state index >= 15 is 0 Å². The summed E-state index contributed by atoms with van der Waals surface area (Å²) in [6.07, 6.45) is 2.04. The monoisotopic (exact) mass is 416 g/mol. The van der Waals surface area contributed by atoms with E-state index in [0.29, 0.717) is 17.4 Å². The number of carbonyl (C=O) groups is 1. The molecule has 0 saturated carbocycles. The van der Waals surface area contributed by atoms with E-state index in [1.165, 1.54) is 12.1 Å². The van der Waals surface area contributed by atoms with Crippen molar-refractivity contribution in [1.29, 1.82) is 0 Å². The fourth-order valence-electron chi connectivity index (χ4n) is 3.26. The predicted octanol–water partition coefficient (Wildman–Crippen LogP) is 3.74. The van der Waals surface area contributed by atoms with Crippen LogP contribution >= 0.6 is 0 Å². The van der Waals surface area contributed by atoms with Crippen LogP contribution in [0.2, 0.25) is 0 Å². The van der Waals surface area contributed by atoms with Crippen molar-refractivity contribution in [3.8, 4) is 5.75 Å². The molecule has 2 aromatic rings. The van der Waals surface area contributed by atoms with Crippen LogP contribution in [-0.4, -0.2) is 38.9 Å². The summed E-state index contributed by atoms with van der Waals surface area (Å²) in [5.74, 6) is 1.09. The number of anilines is 1. The Morgan fingerprint density at radius 1 is 1.10 bits per heavy atom. The summed E-state index contributed by atoms with van der Waals surface area (Å²) in [5, 5.41) is 0. The summed E-state index contributed by atoms with van der Waals surface area (Å²) < 4.78 is 33.5. The van der Waals surface area contributed by atoms with E-state index in [1.54, 1.807) is 18.2 Å². The van der Waals surface area contributed by atoms with Gasteiger partial charge in [-0.2, -0.15) is 0 Å². The van der Waals surface area contributed by atoms with Crippen LogP contribution in [0.5, 0.6) is 5.75 Å². The van der Waals surface area contributed by atoms with Gasteiger partial charge in [0.2, 0.25) is 0 Å². The van der Waals surface area contributed by atoms with E-state index in [0.717, 1.165) is 37.1 Å². The Bertz CT molecular complexity index is 963. The molecule has 0 aromatic heterocycles. The van der Waals surface area contributed by atoms with E-state index < -0.39 is 10.0 Å². The number of piperidine rings is 1. The molecule has 1 aliphatic heterocycles. The lowest BCUT2D eigenvalue weighted by Gasteiger charge is -2.30. The molecule has 7 heteroatoms. The average Bonchev–Trinajstić information content (AvgIpc) is 2.69. The number of likely N-dealkylation sites (tertiary alicyclic amines) is 1. The molecule has 0 bridgehead atoms. The molecule has 1 aliphatic rings. The van der Waals surface area contributed by atoms with Gasteiger partial charge in [-0.15, -0.1) is 0 Å². The molecule has 29 heavy (non-hydrogen) atoms. The summed E-state index contributed by atoms with van der Waals surface area (Å²) in [5.41, 5.74) is 2.39. The van der Waals surface area contributed by atoms with Gasteiger partial charge >= 0.3 is 0 Å². The van der Waals surface area contributed by atoms with Crippen molar-refractivity contribution in [2.75, 3.05) is 24.4 Å². The highest BCUT2D eigenvalue weighted by molar-refractivity contribution is 7.92. The van der Waals surface area contributed by atoms with Crippen molar-refractivity contribution in [3.05, 3.63) is 53.6 Å². The second kappa shape index (κ2) is 8.86. The normalized spacial score (nSPS) is 15.2. The van der Waals surface area contributed by atoms with Gasteiger partial charge < -0.3 is 9.64 Å². The molecule has 3 rings (SSSR count). The number of sulfonamides is 1. The van der Waals surface area contributed by atoms with Gasteiger partial charge in [0, 0.05) is 13.1 Å². The lowest BCUT2D eigenvalue weighted by Crippen LogP contribution is -2.40. The number of nitrogens with one attached hydrogen (secondary N) is 1. The Morgan fingerprint density at radius 3 is 2.41 bits per heavy atom. The van der Waals surface area contributed by atoms with Gasteiger partial charge in [0.15, 0.2) is 6.61 Å². The number of amides is 1. The standard InChI is InChI=1S/C22H28N2O4S/c1-16-10-12-24(13-11-16)22(25)15-28-19-6-8-20(9-7-19)29(26,27)23-21-14-17(2)4-5-18(21)3/h4-9,14,16,23H,10-13,15H2,1-3H3. The number of nitrogens with zero attached hydrogens (tertiary/aromatic N) is 1. The van der Waals surface area contributed by atoms with Crippen LogP contribution in [-0.2, 0) is 14.8 Å². The molecule has 1 heterocycles. The first-order valence-corrected chi connectivity index (χ1v) is 11.3. The number of aryl methyl sites for hydroxylation is 2. The Hall–Kier alpha value is -2.54. The Labute approximate surface area is 172 Å². The molecule has 0 aliphatic carbocycles. The van der Waals surface area contributed by atoms with Gasteiger partial charge in [-0.1, -0.05) is 19.1 Å². The number of hydrogen-bond donors (Lipinski definition) is 1. The molecule has 0 spiro atoms. The predicted molar refractivity (Wildman–Crippen MR) is 114 cm³/mol. The average molecular weight is 417 g/mol. The second-order valence-electron chi connectivity index (χ2n) is 7.75. The summed E-state index contributed by atoms with van der Waals surface area (Å²) in [6, 6.07) is 11.7. The SMILES string of the molecule is Cc1ccc(C)c(NS(=O)(=O)c2ccc(OCC(=O)N3CCC(C)CC3)cc2)c1. The maximum Gasteiger partial charge on any atom is 0.261 e. The summed E-state index contributed by atoms with van der Waals surface area (Å²) >= 11 is 0. The van der Waals surface area contributed by atoms with Crippen molar-refractivity contribution in [2.45, 2.75) is 38.5 Å². The van der Waals surface area contributed by atoms with Gasteiger partial charge in [0.1, 0.15) is 5.75 Å². The third-order valence-corrected chi connectivity index (χ3v) is 6.65. The maximum atomic E-state index is 12.7. The highest BCUT2D eigenvalue weighted by Gasteiger charge is 2.21. The molecule has 6 nitrogen and oxygen atoms in total. The van der Waals surface area contributed by atoms with E-state index in [-0.39, 0.29) is 17.4 Å². The molecule has 1 N–H and O–H groups in total. The quantitative estimate of drug-likeness (QED) is 0.778. The second-order valence-corrected chi connectivity index (χ2v) is 9.43. The highest BCUT2D eigenvalue weighted by Crippen LogP contribution is 2.23. The fourth-order valence-corrected chi connectivity index (χ4v) is 4.38. The van der Waals surface area contributed by atoms with Crippen LogP contribution in [0.15, 0.2) is 47.4 Å². The van der Waals surface area contributed by atoms with Crippen molar-refractivity contribution >= 4 is 21.6 Å². The largest absolute Gasteiger partial charge is 0.484 e. The molecule has 0 unspecified atom stereocenters. The van der Waals surface area contributed by atoms with Gasteiger partial charge in [-0.3, -0.25) is 9.52 Å². The molecule has 1 amide bonds. The van der Waals surface area contributed by atoms with E-state index in [9.17, 15) is 13.2 Å². The van der Waals surface area contributed by atoms with Crippen LogP contribution < -0.4 is 9.46 Å². The van der Waals surface area contributed by atoms with Crippen LogP contribution in [0.1, 0.15) is 30.9 Å². The lowest BCUT2D eigenvalue weighted by molar-refractivity contribution is -0.134. The van der Waals surface area contributed by atoms with Crippen LogP contribution in [0.4, 0.5) is 5.69 Å². The summed E-state index contributed by atoms with van der Waals surface area (Å²) in [4.78, 5) is 14.2. The Morgan fingerprint density at radius 2 is 1.76 bits per heavy atom. The molecule has 2 aromatic carbocycles. The van der Waals surface area contributed by atoms with E-state index in [1.807, 2.05) is 30.9 Å². The first-order valence-electron chi connectivity index (χ1n) is 9.85. The van der Waals surface area contributed by atoms with E-state index in [4.69, 9.17) is 4.74 Å². The molecular weight excluding hydrogens is 388 g/mol. The third kappa shape index (κ3) is 5.50. The minimum atomic E-state index is -3.70. The van der Waals surface area contributed by atoms with Crippen molar-refractivity contribution < 1.29 is 17.9 Å². The van der Waals surface area contributed by atoms with Crippen LogP contribution in [0.25, 0.3) is 0 Å². The van der Waals surface area contributed by atoms with Crippen molar-refractivity contribution in [1.82, 2.24) is 4.90 Å². The van der Waals surface area contributed by atoms with E-state index in [2.05, 4.69) is 11.6 Å². The molecule has 0 radical (unpaired) electrons.